The highest BCUT2D eigenvalue weighted by atomic mass is 16.5. The molecule has 0 saturated carbocycles. The summed E-state index contributed by atoms with van der Waals surface area (Å²) in [4.78, 5) is 8.59. The molecule has 0 bridgehead atoms. The lowest BCUT2D eigenvalue weighted by atomic mass is 10.1. The van der Waals surface area contributed by atoms with Crippen molar-refractivity contribution in [3.8, 4) is 11.5 Å². The minimum Gasteiger partial charge on any atom is -0.337 e. The van der Waals surface area contributed by atoms with Gasteiger partial charge in [-0.25, -0.2) is 0 Å². The van der Waals surface area contributed by atoms with Gasteiger partial charge >= 0.3 is 0 Å². The van der Waals surface area contributed by atoms with E-state index >= 15 is 0 Å². The number of nitrogens with zero attached hydrogens (tertiary/aromatic N) is 3. The van der Waals surface area contributed by atoms with Crippen LogP contribution in [0.1, 0.15) is 30.8 Å². The fourth-order valence-electron chi connectivity index (χ4n) is 1.69. The van der Waals surface area contributed by atoms with Gasteiger partial charge in [-0.1, -0.05) is 24.2 Å². The minimum atomic E-state index is -0.308. The summed E-state index contributed by atoms with van der Waals surface area (Å²) in [6.45, 7) is 5.70. The lowest BCUT2D eigenvalue weighted by Crippen LogP contribution is -2.09. The lowest BCUT2D eigenvalue weighted by molar-refractivity contribution is 0.355. The van der Waals surface area contributed by atoms with Crippen LogP contribution in [0.25, 0.3) is 11.5 Å². The Hall–Kier alpha value is -2.01. The van der Waals surface area contributed by atoms with Crippen molar-refractivity contribution in [1.82, 2.24) is 15.1 Å². The molecule has 0 fully saturated rings. The van der Waals surface area contributed by atoms with Crippen molar-refractivity contribution < 1.29 is 4.52 Å². The number of nitrogens with two attached hydrogens (primary N) is 1. The minimum absolute atomic E-state index is 0.308. The largest absolute Gasteiger partial charge is 0.337 e. The van der Waals surface area contributed by atoms with E-state index < -0.39 is 0 Å². The van der Waals surface area contributed by atoms with Crippen LogP contribution in [-0.4, -0.2) is 15.1 Å². The Morgan fingerprint density at radius 3 is 3.11 bits per heavy atom. The zero-order valence-electron chi connectivity index (χ0n) is 10.3. The van der Waals surface area contributed by atoms with E-state index in [1.54, 1.807) is 12.3 Å². The third-order valence-electron chi connectivity index (χ3n) is 2.66. The van der Waals surface area contributed by atoms with E-state index in [1.807, 2.05) is 12.1 Å². The predicted molar refractivity (Wildman–Crippen MR) is 68.6 cm³/mol. The summed E-state index contributed by atoms with van der Waals surface area (Å²) in [6, 6.07) is 3.59. The van der Waals surface area contributed by atoms with Gasteiger partial charge in [0.2, 0.25) is 11.7 Å². The van der Waals surface area contributed by atoms with Gasteiger partial charge < -0.3 is 10.3 Å². The van der Waals surface area contributed by atoms with Crippen LogP contribution < -0.4 is 5.73 Å². The van der Waals surface area contributed by atoms with E-state index in [-0.39, 0.29) is 6.04 Å². The molecule has 0 aliphatic heterocycles. The van der Waals surface area contributed by atoms with Gasteiger partial charge in [0.25, 0.3) is 0 Å². The van der Waals surface area contributed by atoms with Crippen LogP contribution in [0, 0.1) is 0 Å². The predicted octanol–water partition coefficient (Wildman–Crippen LogP) is 2.27. The number of aromatic nitrogens is 3. The van der Waals surface area contributed by atoms with Crippen LogP contribution in [0.5, 0.6) is 0 Å². The molecule has 2 aromatic rings. The second-order valence-electron chi connectivity index (χ2n) is 3.95. The van der Waals surface area contributed by atoms with Crippen molar-refractivity contribution >= 4 is 0 Å². The van der Waals surface area contributed by atoms with Gasteiger partial charge in [-0.2, -0.15) is 4.98 Å². The van der Waals surface area contributed by atoms with Crippen LogP contribution >= 0.6 is 0 Å². The fraction of sp³-hybridized carbons (Fsp3) is 0.308. The van der Waals surface area contributed by atoms with Gasteiger partial charge in [0.15, 0.2) is 0 Å². The molecule has 2 N–H and O–H groups in total. The highest BCUT2D eigenvalue weighted by Crippen LogP contribution is 2.21. The average Bonchev–Trinajstić information content (AvgIpc) is 2.88. The number of aryl methyl sites for hydroxylation is 1. The topological polar surface area (TPSA) is 77.8 Å². The first-order valence-electron chi connectivity index (χ1n) is 5.90. The SMILES string of the molecule is C=CCC(N)c1nc(-c2ncccc2CC)no1. The number of pyridine rings is 1. The maximum absolute atomic E-state index is 5.88. The molecule has 0 radical (unpaired) electrons. The molecule has 0 spiro atoms. The van der Waals surface area contributed by atoms with E-state index in [0.717, 1.165) is 17.7 Å². The Bertz CT molecular complexity index is 535. The van der Waals surface area contributed by atoms with E-state index in [0.29, 0.717) is 18.1 Å². The van der Waals surface area contributed by atoms with Crippen LogP contribution in [-0.2, 0) is 6.42 Å². The molecule has 0 amide bonds. The Labute approximate surface area is 106 Å². The molecular formula is C13H16N4O. The molecule has 2 rings (SSSR count). The quantitative estimate of drug-likeness (QED) is 0.816. The molecule has 0 aliphatic rings. The van der Waals surface area contributed by atoms with E-state index in [4.69, 9.17) is 10.3 Å². The van der Waals surface area contributed by atoms with Crippen LogP contribution in [0.4, 0.5) is 0 Å². The van der Waals surface area contributed by atoms with Gasteiger partial charge in [0, 0.05) is 6.20 Å². The van der Waals surface area contributed by atoms with Crippen LogP contribution in [0.2, 0.25) is 0 Å². The zero-order valence-corrected chi connectivity index (χ0v) is 10.3. The first-order chi connectivity index (χ1) is 8.76. The van der Waals surface area contributed by atoms with Crippen LogP contribution in [0.15, 0.2) is 35.5 Å². The van der Waals surface area contributed by atoms with Crippen molar-refractivity contribution in [2.24, 2.45) is 5.73 Å². The van der Waals surface area contributed by atoms with E-state index in [1.165, 1.54) is 0 Å². The second kappa shape index (κ2) is 5.55. The molecule has 2 aromatic heterocycles. The average molecular weight is 244 g/mol. The summed E-state index contributed by atoms with van der Waals surface area (Å²) in [5.74, 6) is 0.902. The summed E-state index contributed by atoms with van der Waals surface area (Å²) >= 11 is 0. The molecular weight excluding hydrogens is 228 g/mol. The van der Waals surface area contributed by atoms with Gasteiger partial charge in [-0.15, -0.1) is 6.58 Å². The smallest absolute Gasteiger partial charge is 0.244 e. The monoisotopic (exact) mass is 244 g/mol. The number of hydrogen-bond acceptors (Lipinski definition) is 5. The molecule has 2 heterocycles. The molecule has 5 nitrogen and oxygen atoms in total. The van der Waals surface area contributed by atoms with Crippen molar-refractivity contribution in [2.45, 2.75) is 25.8 Å². The highest BCUT2D eigenvalue weighted by molar-refractivity contribution is 5.53. The summed E-state index contributed by atoms with van der Waals surface area (Å²) < 4.78 is 5.16. The standard InChI is InChI=1S/C13H16N4O/c1-3-6-10(14)13-16-12(17-18-13)11-9(4-2)7-5-8-15-11/h3,5,7-8,10H,1,4,6,14H2,2H3. The van der Waals surface area contributed by atoms with Gasteiger partial charge in [0.1, 0.15) is 5.69 Å². The molecule has 94 valence electrons. The maximum atomic E-state index is 5.88. The Morgan fingerprint density at radius 2 is 2.39 bits per heavy atom. The Morgan fingerprint density at radius 1 is 1.56 bits per heavy atom. The fourth-order valence-corrected chi connectivity index (χ4v) is 1.69. The first kappa shape index (κ1) is 12.4. The molecule has 0 saturated heterocycles. The molecule has 1 atom stereocenters. The van der Waals surface area contributed by atoms with Crippen LogP contribution in [0.3, 0.4) is 0 Å². The normalized spacial score (nSPS) is 12.3. The highest BCUT2D eigenvalue weighted by Gasteiger charge is 2.16. The summed E-state index contributed by atoms with van der Waals surface area (Å²) in [5.41, 5.74) is 7.72. The van der Waals surface area contributed by atoms with E-state index in [9.17, 15) is 0 Å². The molecule has 18 heavy (non-hydrogen) atoms. The number of hydrogen-bond donors (Lipinski definition) is 1. The molecule has 1 unspecified atom stereocenters. The Balaban J connectivity index is 2.32. The first-order valence-corrected chi connectivity index (χ1v) is 5.90. The van der Waals surface area contributed by atoms with Gasteiger partial charge in [-0.05, 0) is 24.5 Å². The summed E-state index contributed by atoms with van der Waals surface area (Å²) in [6.07, 6.45) is 4.91. The van der Waals surface area contributed by atoms with Crippen molar-refractivity contribution in [3.05, 3.63) is 42.4 Å². The lowest BCUT2D eigenvalue weighted by Gasteiger charge is -2.01. The zero-order chi connectivity index (χ0) is 13.0. The van der Waals surface area contributed by atoms with Gasteiger partial charge in [0.05, 0.1) is 6.04 Å². The number of rotatable bonds is 5. The molecule has 0 aliphatic carbocycles. The third-order valence-corrected chi connectivity index (χ3v) is 2.66. The van der Waals surface area contributed by atoms with Crippen molar-refractivity contribution in [3.63, 3.8) is 0 Å². The van der Waals surface area contributed by atoms with Gasteiger partial charge in [-0.3, -0.25) is 4.98 Å². The third kappa shape index (κ3) is 2.46. The summed E-state index contributed by atoms with van der Waals surface area (Å²) in [5, 5.41) is 3.94. The summed E-state index contributed by atoms with van der Waals surface area (Å²) in [7, 11) is 0. The van der Waals surface area contributed by atoms with Crippen molar-refractivity contribution in [2.75, 3.05) is 0 Å². The second-order valence-corrected chi connectivity index (χ2v) is 3.95. The van der Waals surface area contributed by atoms with E-state index in [2.05, 4.69) is 28.6 Å². The molecule has 0 aromatic carbocycles. The van der Waals surface area contributed by atoms with Crippen molar-refractivity contribution in [1.29, 1.82) is 0 Å². The Kier molecular flexibility index (Phi) is 3.84. The maximum Gasteiger partial charge on any atom is 0.244 e. The molecule has 5 heteroatoms.